The van der Waals surface area contributed by atoms with Gasteiger partial charge in [0.05, 0.1) is 21.1 Å². The lowest BCUT2D eigenvalue weighted by atomic mass is 10.5. The molecule has 0 spiro atoms. The van der Waals surface area contributed by atoms with Crippen LogP contribution in [0.25, 0.3) is 0 Å². The fraction of sp³-hybridized carbons (Fsp3) is 0.429. The summed E-state index contributed by atoms with van der Waals surface area (Å²) >= 11 is 0. The molecule has 6 heteroatoms. The fourth-order valence-electron chi connectivity index (χ4n) is 1.78. The number of carbonyl (C=O) groups is 2. The third-order valence-electron chi connectivity index (χ3n) is 3.50. The number of aldehydes is 2. The molecule has 2 aromatic rings. The van der Waals surface area contributed by atoms with Gasteiger partial charge >= 0.3 is 0 Å². The monoisotopic (exact) mass is 278 g/mol. The van der Waals surface area contributed by atoms with E-state index in [1.165, 1.54) is 0 Å². The van der Waals surface area contributed by atoms with Gasteiger partial charge in [-0.25, -0.2) is 18.3 Å². The van der Waals surface area contributed by atoms with Crippen molar-refractivity contribution in [2.24, 2.45) is 21.1 Å². The summed E-state index contributed by atoms with van der Waals surface area (Å²) < 4.78 is 7.65. The van der Waals surface area contributed by atoms with Gasteiger partial charge in [-0.1, -0.05) is 0 Å². The zero-order valence-corrected chi connectivity index (χ0v) is 12.7. The molecular formula is C14H22N4O2+2. The van der Waals surface area contributed by atoms with Gasteiger partial charge in [-0.3, -0.25) is 9.59 Å². The van der Waals surface area contributed by atoms with Gasteiger partial charge in [0.1, 0.15) is 25.1 Å². The van der Waals surface area contributed by atoms with Gasteiger partial charge in [-0.15, -0.1) is 0 Å². The first-order valence-corrected chi connectivity index (χ1v) is 6.34. The molecule has 0 atom stereocenters. The van der Waals surface area contributed by atoms with E-state index in [9.17, 15) is 9.59 Å². The van der Waals surface area contributed by atoms with Crippen molar-refractivity contribution in [2.75, 3.05) is 0 Å². The molecule has 6 nitrogen and oxygen atoms in total. The summed E-state index contributed by atoms with van der Waals surface area (Å²) in [5.74, 6) is 2.16. The Bertz CT molecular complexity index is 611. The molecule has 0 amide bonds. The molecule has 0 saturated heterocycles. The summed E-state index contributed by atoms with van der Waals surface area (Å²) in [6.45, 7) is 4.39. The Morgan fingerprint density at radius 2 is 1.80 bits per heavy atom. The summed E-state index contributed by atoms with van der Waals surface area (Å²) in [5, 5.41) is 0. The van der Waals surface area contributed by atoms with Crippen LogP contribution in [0.4, 0.5) is 0 Å². The van der Waals surface area contributed by atoms with Crippen molar-refractivity contribution < 1.29 is 18.7 Å². The maximum Gasteiger partial charge on any atom is 0.253 e. The summed E-state index contributed by atoms with van der Waals surface area (Å²) in [7, 11) is 5.75. The minimum absolute atomic E-state index is 0.451. The van der Waals surface area contributed by atoms with Crippen molar-refractivity contribution >= 4 is 12.6 Å². The molecule has 0 aliphatic rings. The summed E-state index contributed by atoms with van der Waals surface area (Å²) in [6, 6.07) is 0. The predicted octanol–water partition coefficient (Wildman–Crippen LogP) is -0.210. The number of aromatic nitrogens is 4. The average Bonchev–Trinajstić information content (AvgIpc) is 2.88. The predicted molar refractivity (Wildman–Crippen MR) is 73.1 cm³/mol. The Balaban J connectivity index is 0.000000200. The van der Waals surface area contributed by atoms with E-state index < -0.39 is 0 Å². The molecule has 0 saturated carbocycles. The van der Waals surface area contributed by atoms with Crippen LogP contribution in [0.15, 0.2) is 18.6 Å². The molecule has 0 aromatic carbocycles. The highest BCUT2D eigenvalue weighted by Gasteiger charge is 2.11. The minimum Gasteiger partial charge on any atom is -0.299 e. The van der Waals surface area contributed by atoms with Gasteiger partial charge < -0.3 is 0 Å². The summed E-state index contributed by atoms with van der Waals surface area (Å²) in [4.78, 5) is 20.5. The van der Waals surface area contributed by atoms with Crippen LogP contribution in [-0.2, 0) is 32.5 Å². The maximum absolute atomic E-state index is 10.4. The lowest BCUT2D eigenvalue weighted by Gasteiger charge is -1.89. The van der Waals surface area contributed by atoms with Crippen molar-refractivity contribution in [1.29, 1.82) is 0 Å². The molecule has 0 N–H and O–H groups in total. The molecule has 0 aliphatic carbocycles. The number of hydrogen-bond acceptors (Lipinski definition) is 2. The van der Waals surface area contributed by atoms with Crippen LogP contribution in [0.1, 0.15) is 22.1 Å². The van der Waals surface area contributed by atoms with E-state index in [2.05, 4.69) is 0 Å². The van der Waals surface area contributed by atoms with Crippen molar-refractivity contribution in [1.82, 2.24) is 9.13 Å². The van der Waals surface area contributed by atoms with Crippen molar-refractivity contribution in [3.05, 3.63) is 35.9 Å². The van der Waals surface area contributed by atoms with Gasteiger partial charge in [-0.2, -0.15) is 0 Å². The Hall–Kier alpha value is -2.24. The average molecular weight is 278 g/mol. The maximum atomic E-state index is 10.4. The molecule has 108 valence electrons. The van der Waals surface area contributed by atoms with Crippen molar-refractivity contribution in [3.63, 3.8) is 0 Å². The first-order chi connectivity index (χ1) is 9.42. The topological polar surface area (TPSA) is 51.8 Å². The number of rotatable bonds is 3. The molecule has 0 radical (unpaired) electrons. The smallest absolute Gasteiger partial charge is 0.253 e. The Morgan fingerprint density at radius 3 is 2.10 bits per heavy atom. The quantitative estimate of drug-likeness (QED) is 0.576. The third kappa shape index (κ3) is 3.40. The number of carbonyl (C=O) groups excluding carboxylic acids is 2. The van der Waals surface area contributed by atoms with Gasteiger partial charge in [0.2, 0.25) is 5.69 Å². The Labute approximate surface area is 118 Å². The summed E-state index contributed by atoms with van der Waals surface area (Å²) in [5.41, 5.74) is 0.708. The van der Waals surface area contributed by atoms with E-state index in [0.29, 0.717) is 12.2 Å². The second kappa shape index (κ2) is 6.79. The van der Waals surface area contributed by atoms with E-state index in [-0.39, 0.29) is 0 Å². The van der Waals surface area contributed by atoms with E-state index in [1.54, 1.807) is 0 Å². The van der Waals surface area contributed by atoms with Gasteiger partial charge in [0, 0.05) is 13.8 Å². The molecule has 20 heavy (non-hydrogen) atoms. The molecular weight excluding hydrogens is 256 g/mol. The zero-order valence-electron chi connectivity index (χ0n) is 12.7. The third-order valence-corrected chi connectivity index (χ3v) is 3.50. The molecule has 0 bridgehead atoms. The van der Waals surface area contributed by atoms with Gasteiger partial charge in [0.25, 0.3) is 11.6 Å². The van der Waals surface area contributed by atoms with Crippen molar-refractivity contribution in [3.8, 4) is 0 Å². The molecule has 0 aliphatic heterocycles. The van der Waals surface area contributed by atoms with E-state index in [1.807, 2.05) is 71.8 Å². The van der Waals surface area contributed by atoms with E-state index in [4.69, 9.17) is 0 Å². The van der Waals surface area contributed by atoms with Gasteiger partial charge in [-0.05, 0) is 0 Å². The molecule has 2 aromatic heterocycles. The Morgan fingerprint density at radius 1 is 1.15 bits per heavy atom. The minimum atomic E-state index is 0.451. The Kier molecular flexibility index (Phi) is 5.37. The van der Waals surface area contributed by atoms with Crippen LogP contribution >= 0.6 is 0 Å². The lowest BCUT2D eigenvalue weighted by Crippen LogP contribution is -2.29. The van der Waals surface area contributed by atoms with Crippen LogP contribution in [0.3, 0.4) is 0 Å². The highest BCUT2D eigenvalue weighted by molar-refractivity contribution is 5.71. The first kappa shape index (κ1) is 15.8. The van der Waals surface area contributed by atoms with Crippen LogP contribution in [0, 0.1) is 13.8 Å². The second-order valence-electron chi connectivity index (χ2n) is 4.66. The van der Waals surface area contributed by atoms with Crippen LogP contribution in [0.2, 0.25) is 0 Å². The fourth-order valence-corrected chi connectivity index (χ4v) is 1.78. The lowest BCUT2D eigenvalue weighted by molar-refractivity contribution is -0.677. The van der Waals surface area contributed by atoms with Crippen LogP contribution in [-0.4, -0.2) is 21.7 Å². The van der Waals surface area contributed by atoms with Crippen LogP contribution < -0.4 is 9.13 Å². The van der Waals surface area contributed by atoms with Gasteiger partial charge in [0.15, 0.2) is 12.6 Å². The number of imidazole rings is 2. The highest BCUT2D eigenvalue weighted by Crippen LogP contribution is 1.94. The first-order valence-electron chi connectivity index (χ1n) is 6.34. The van der Waals surface area contributed by atoms with Crippen LogP contribution in [0.5, 0.6) is 0 Å². The second-order valence-corrected chi connectivity index (χ2v) is 4.66. The standard InChI is InChI=1S/2C7H11N2O/c1-6-8(2)4-7(5-10)9(6)3;1-7-8(2)3-4-9(7)5-6-10/h4-5H,1-3H3;3-4,6H,5H2,1-2H3/q2*+1. The number of nitrogens with zero attached hydrogens (tertiary/aromatic N) is 4. The molecule has 2 rings (SSSR count). The normalized spacial score (nSPS) is 9.85. The number of aryl methyl sites for hydroxylation is 2. The number of hydrogen-bond donors (Lipinski definition) is 0. The zero-order chi connectivity index (χ0) is 15.3. The largest absolute Gasteiger partial charge is 0.299 e. The molecule has 0 unspecified atom stereocenters. The van der Waals surface area contributed by atoms with Crippen molar-refractivity contribution in [2.45, 2.75) is 20.4 Å². The highest BCUT2D eigenvalue weighted by atomic mass is 16.1. The van der Waals surface area contributed by atoms with E-state index >= 15 is 0 Å². The molecule has 2 heterocycles. The molecule has 0 fully saturated rings. The summed E-state index contributed by atoms with van der Waals surface area (Å²) in [6.07, 6.45) is 7.38. The van der Waals surface area contributed by atoms with E-state index in [0.717, 1.165) is 24.2 Å². The SMILES string of the molecule is Cc1n(C)c(C=O)c[n+]1C.Cc1n(CC=O)cc[n+]1C.